The molecule has 0 aromatic heterocycles. The van der Waals surface area contributed by atoms with Crippen LogP contribution in [0.1, 0.15) is 28.8 Å². The van der Waals surface area contributed by atoms with Crippen molar-refractivity contribution in [1.29, 1.82) is 0 Å². The molecule has 0 spiro atoms. The highest BCUT2D eigenvalue weighted by atomic mass is 19.4. The average Bonchev–Trinajstić information content (AvgIpc) is 2.52. The van der Waals surface area contributed by atoms with E-state index in [0.717, 1.165) is 0 Å². The summed E-state index contributed by atoms with van der Waals surface area (Å²) < 4.78 is 57.4. The minimum absolute atomic E-state index is 0.0704. The molecular formula is C15H18F4N2O2. The van der Waals surface area contributed by atoms with Crippen molar-refractivity contribution in [2.45, 2.75) is 31.2 Å². The predicted octanol–water partition coefficient (Wildman–Crippen LogP) is 2.42. The standard InChI is InChI=1S/C15H18F4N2O2/c1-23-11-4-5-21(10(7-11)8-20)14(22)12-6-9(15(17,18)19)2-3-13(12)16/h2-3,6,10-11H,4-5,7-8,20H2,1H3. The number of carbonyl (C=O) groups excluding carboxylic acids is 1. The summed E-state index contributed by atoms with van der Waals surface area (Å²) in [5, 5.41) is 0. The molecule has 2 unspecified atom stereocenters. The van der Waals surface area contributed by atoms with Crippen molar-refractivity contribution in [2.75, 3.05) is 20.2 Å². The summed E-state index contributed by atoms with van der Waals surface area (Å²) in [7, 11) is 1.54. The number of piperidine rings is 1. The second-order valence-corrected chi connectivity index (χ2v) is 5.46. The first kappa shape index (κ1) is 17.7. The van der Waals surface area contributed by atoms with Gasteiger partial charge in [0.25, 0.3) is 5.91 Å². The lowest BCUT2D eigenvalue weighted by molar-refractivity contribution is -0.137. The van der Waals surface area contributed by atoms with E-state index in [1.807, 2.05) is 0 Å². The smallest absolute Gasteiger partial charge is 0.381 e. The zero-order chi connectivity index (χ0) is 17.2. The van der Waals surface area contributed by atoms with Gasteiger partial charge < -0.3 is 15.4 Å². The lowest BCUT2D eigenvalue weighted by Crippen LogP contribution is -2.51. The Bertz CT molecular complexity index is 577. The van der Waals surface area contributed by atoms with E-state index in [1.54, 1.807) is 7.11 Å². The van der Waals surface area contributed by atoms with Gasteiger partial charge in [-0.05, 0) is 31.0 Å². The highest BCUT2D eigenvalue weighted by Gasteiger charge is 2.35. The Hall–Kier alpha value is -1.67. The van der Waals surface area contributed by atoms with Crippen molar-refractivity contribution in [1.82, 2.24) is 4.90 Å². The summed E-state index contributed by atoms with van der Waals surface area (Å²) in [6.45, 7) is 0.390. The van der Waals surface area contributed by atoms with E-state index in [1.165, 1.54) is 4.90 Å². The molecule has 0 aliphatic carbocycles. The number of hydrogen-bond donors (Lipinski definition) is 1. The molecule has 0 radical (unpaired) electrons. The number of nitrogens with zero attached hydrogens (tertiary/aromatic N) is 1. The van der Waals surface area contributed by atoms with Gasteiger partial charge in [-0.25, -0.2) is 4.39 Å². The third kappa shape index (κ3) is 3.81. The summed E-state index contributed by atoms with van der Waals surface area (Å²) in [6, 6.07) is 1.43. The third-order valence-corrected chi connectivity index (χ3v) is 4.06. The zero-order valence-corrected chi connectivity index (χ0v) is 12.6. The molecule has 1 amide bonds. The van der Waals surface area contributed by atoms with Crippen LogP contribution in [0.3, 0.4) is 0 Å². The molecule has 1 aliphatic heterocycles. The molecule has 1 fully saturated rings. The van der Waals surface area contributed by atoms with E-state index < -0.39 is 35.1 Å². The van der Waals surface area contributed by atoms with Gasteiger partial charge in [-0.1, -0.05) is 0 Å². The summed E-state index contributed by atoms with van der Waals surface area (Å²) in [4.78, 5) is 13.8. The minimum atomic E-state index is -4.64. The van der Waals surface area contributed by atoms with Gasteiger partial charge in [0.1, 0.15) is 5.82 Å². The molecule has 0 saturated carbocycles. The van der Waals surface area contributed by atoms with Crippen LogP contribution < -0.4 is 5.73 Å². The Balaban J connectivity index is 2.29. The third-order valence-electron chi connectivity index (χ3n) is 4.06. The summed E-state index contributed by atoms with van der Waals surface area (Å²) in [5.41, 5.74) is 3.99. The number of ether oxygens (including phenoxy) is 1. The lowest BCUT2D eigenvalue weighted by atomic mass is 9.97. The van der Waals surface area contributed by atoms with E-state index in [4.69, 9.17) is 10.5 Å². The van der Waals surface area contributed by atoms with E-state index in [2.05, 4.69) is 0 Å². The minimum Gasteiger partial charge on any atom is -0.381 e. The molecule has 1 saturated heterocycles. The van der Waals surface area contributed by atoms with Crippen LogP contribution in [0.4, 0.5) is 17.6 Å². The molecular weight excluding hydrogens is 316 g/mol. The van der Waals surface area contributed by atoms with Gasteiger partial charge in [0.15, 0.2) is 0 Å². The van der Waals surface area contributed by atoms with E-state index in [0.29, 0.717) is 31.0 Å². The quantitative estimate of drug-likeness (QED) is 0.864. The molecule has 8 heteroatoms. The molecule has 2 N–H and O–H groups in total. The summed E-state index contributed by atoms with van der Waals surface area (Å²) in [6.07, 6.45) is -3.71. The largest absolute Gasteiger partial charge is 0.416 e. The molecule has 1 aliphatic rings. The molecule has 23 heavy (non-hydrogen) atoms. The Morgan fingerprint density at radius 2 is 2.13 bits per heavy atom. The first-order chi connectivity index (χ1) is 10.8. The van der Waals surface area contributed by atoms with Crippen molar-refractivity contribution >= 4 is 5.91 Å². The van der Waals surface area contributed by atoms with Crippen molar-refractivity contribution < 1.29 is 27.1 Å². The number of carbonyl (C=O) groups is 1. The first-order valence-electron chi connectivity index (χ1n) is 7.18. The van der Waals surface area contributed by atoms with Gasteiger partial charge in [0.2, 0.25) is 0 Å². The molecule has 4 nitrogen and oxygen atoms in total. The molecule has 2 rings (SSSR count). The average molecular weight is 334 g/mol. The topological polar surface area (TPSA) is 55.6 Å². The fourth-order valence-electron chi connectivity index (χ4n) is 2.74. The van der Waals surface area contributed by atoms with Gasteiger partial charge in [-0.2, -0.15) is 13.2 Å². The van der Waals surface area contributed by atoms with Crippen LogP contribution in [0.25, 0.3) is 0 Å². The number of methoxy groups -OCH3 is 1. The number of halogens is 4. The Labute approximate surface area is 131 Å². The zero-order valence-electron chi connectivity index (χ0n) is 12.6. The van der Waals surface area contributed by atoms with Crippen LogP contribution in [0.5, 0.6) is 0 Å². The van der Waals surface area contributed by atoms with Crippen LogP contribution >= 0.6 is 0 Å². The number of nitrogens with two attached hydrogens (primary N) is 1. The monoisotopic (exact) mass is 334 g/mol. The molecule has 1 aromatic rings. The molecule has 128 valence electrons. The maximum atomic E-state index is 13.9. The summed E-state index contributed by atoms with van der Waals surface area (Å²) in [5.74, 6) is -1.76. The van der Waals surface area contributed by atoms with Gasteiger partial charge in [0.05, 0.1) is 17.2 Å². The number of rotatable bonds is 3. The van der Waals surface area contributed by atoms with Crippen LogP contribution in [-0.2, 0) is 10.9 Å². The Morgan fingerprint density at radius 1 is 1.43 bits per heavy atom. The van der Waals surface area contributed by atoms with Gasteiger partial charge in [0, 0.05) is 26.2 Å². The van der Waals surface area contributed by atoms with Crippen LogP contribution in [0.15, 0.2) is 18.2 Å². The maximum absolute atomic E-state index is 13.9. The van der Waals surface area contributed by atoms with Gasteiger partial charge in [-0.3, -0.25) is 4.79 Å². The number of benzene rings is 1. The van der Waals surface area contributed by atoms with Crippen LogP contribution in [-0.4, -0.2) is 43.2 Å². The molecule has 1 heterocycles. The fourth-order valence-corrected chi connectivity index (χ4v) is 2.74. The molecule has 1 aromatic carbocycles. The Morgan fingerprint density at radius 3 is 2.70 bits per heavy atom. The molecule has 0 bridgehead atoms. The van der Waals surface area contributed by atoms with Crippen molar-refractivity contribution in [3.8, 4) is 0 Å². The highest BCUT2D eigenvalue weighted by molar-refractivity contribution is 5.95. The summed E-state index contributed by atoms with van der Waals surface area (Å²) >= 11 is 0. The van der Waals surface area contributed by atoms with Gasteiger partial charge >= 0.3 is 6.18 Å². The van der Waals surface area contributed by atoms with Crippen molar-refractivity contribution in [2.24, 2.45) is 5.73 Å². The molecule has 2 atom stereocenters. The second kappa shape index (κ2) is 6.84. The number of alkyl halides is 3. The van der Waals surface area contributed by atoms with Crippen molar-refractivity contribution in [3.05, 3.63) is 35.1 Å². The Kier molecular flexibility index (Phi) is 5.26. The fraction of sp³-hybridized carbons (Fsp3) is 0.533. The number of hydrogen-bond acceptors (Lipinski definition) is 3. The van der Waals surface area contributed by atoms with E-state index in [-0.39, 0.29) is 19.2 Å². The number of likely N-dealkylation sites (tertiary alicyclic amines) is 1. The first-order valence-corrected chi connectivity index (χ1v) is 7.18. The normalized spacial score (nSPS) is 22.3. The predicted molar refractivity (Wildman–Crippen MR) is 75.3 cm³/mol. The van der Waals surface area contributed by atoms with Crippen LogP contribution in [0.2, 0.25) is 0 Å². The van der Waals surface area contributed by atoms with Gasteiger partial charge in [-0.15, -0.1) is 0 Å². The maximum Gasteiger partial charge on any atom is 0.416 e. The van der Waals surface area contributed by atoms with Crippen LogP contribution in [0, 0.1) is 5.82 Å². The lowest BCUT2D eigenvalue weighted by Gasteiger charge is -2.38. The second-order valence-electron chi connectivity index (χ2n) is 5.46. The number of amides is 1. The SMILES string of the molecule is COC1CCN(C(=O)c2cc(C(F)(F)F)ccc2F)C(CN)C1. The van der Waals surface area contributed by atoms with E-state index in [9.17, 15) is 22.4 Å². The highest BCUT2D eigenvalue weighted by Crippen LogP contribution is 2.31. The van der Waals surface area contributed by atoms with Crippen molar-refractivity contribution in [3.63, 3.8) is 0 Å². The van der Waals surface area contributed by atoms with E-state index >= 15 is 0 Å².